The molecule has 0 unspecified atom stereocenters. The predicted octanol–water partition coefficient (Wildman–Crippen LogP) is 1.69. The van der Waals surface area contributed by atoms with Gasteiger partial charge in [-0.25, -0.2) is 4.98 Å². The van der Waals surface area contributed by atoms with E-state index in [1.54, 1.807) is 0 Å². The van der Waals surface area contributed by atoms with Crippen LogP contribution >= 0.6 is 0 Å². The largest absolute Gasteiger partial charge is 0.417 e. The average molecular weight is 272 g/mol. The zero-order chi connectivity index (χ0) is 13.5. The first kappa shape index (κ1) is 12.5. The van der Waals surface area contributed by atoms with Crippen LogP contribution in [0, 0.1) is 0 Å². The normalized spacial score (nSPS) is 23.1. The summed E-state index contributed by atoms with van der Waals surface area (Å²) in [5.74, 6) is 0.636. The number of nitrogens with one attached hydrogen (secondary N) is 2. The summed E-state index contributed by atoms with van der Waals surface area (Å²) in [6.45, 7) is 3.12. The molecule has 0 aromatic carbocycles. The zero-order valence-corrected chi connectivity index (χ0v) is 10.3. The molecule has 0 spiro atoms. The lowest BCUT2D eigenvalue weighted by atomic mass is 10.1. The highest BCUT2D eigenvalue weighted by molar-refractivity contribution is 5.68. The Labute approximate surface area is 109 Å². The van der Waals surface area contributed by atoms with Crippen LogP contribution in [0.2, 0.25) is 0 Å². The molecule has 19 heavy (non-hydrogen) atoms. The van der Waals surface area contributed by atoms with Gasteiger partial charge in [0.15, 0.2) is 5.82 Å². The SMILES string of the molecule is FC(F)(F)c1cnc2c(c1)NCC[C@H]1CNCCN21. The first-order valence-corrected chi connectivity index (χ1v) is 6.34. The Morgan fingerprint density at radius 2 is 2.16 bits per heavy atom. The molecule has 2 aliphatic heterocycles. The number of fused-ring (bicyclic) bond motifs is 3. The van der Waals surface area contributed by atoms with Crippen molar-refractivity contribution in [2.45, 2.75) is 18.6 Å². The number of piperazine rings is 1. The summed E-state index contributed by atoms with van der Waals surface area (Å²) < 4.78 is 38.1. The number of rotatable bonds is 0. The quantitative estimate of drug-likeness (QED) is 0.754. The highest BCUT2D eigenvalue weighted by atomic mass is 19.4. The van der Waals surface area contributed by atoms with Gasteiger partial charge in [0.1, 0.15) is 0 Å². The minimum Gasteiger partial charge on any atom is -0.382 e. The van der Waals surface area contributed by atoms with Gasteiger partial charge in [0.25, 0.3) is 0 Å². The van der Waals surface area contributed by atoms with Gasteiger partial charge in [0, 0.05) is 38.4 Å². The van der Waals surface area contributed by atoms with Crippen molar-refractivity contribution < 1.29 is 13.2 Å². The topological polar surface area (TPSA) is 40.2 Å². The second-order valence-electron chi connectivity index (χ2n) is 4.86. The fourth-order valence-corrected chi connectivity index (χ4v) is 2.64. The standard InChI is InChI=1S/C12H15F3N4/c13-12(14,15)8-5-10-11(18-6-8)19-4-3-16-7-9(19)1-2-17-10/h5-6,9,16-17H,1-4,7H2/t9-/m0/s1. The molecule has 0 radical (unpaired) electrons. The van der Waals surface area contributed by atoms with Gasteiger partial charge in [-0.3, -0.25) is 0 Å². The van der Waals surface area contributed by atoms with Crippen molar-refractivity contribution in [2.24, 2.45) is 0 Å². The monoisotopic (exact) mass is 272 g/mol. The van der Waals surface area contributed by atoms with Crippen molar-refractivity contribution in [3.63, 3.8) is 0 Å². The highest BCUT2D eigenvalue weighted by Gasteiger charge is 2.34. The summed E-state index contributed by atoms with van der Waals surface area (Å²) >= 11 is 0. The maximum atomic E-state index is 12.7. The van der Waals surface area contributed by atoms with Gasteiger partial charge < -0.3 is 15.5 Å². The third kappa shape index (κ3) is 2.34. The third-order valence-corrected chi connectivity index (χ3v) is 3.61. The van der Waals surface area contributed by atoms with E-state index >= 15 is 0 Å². The lowest BCUT2D eigenvalue weighted by Gasteiger charge is -2.36. The summed E-state index contributed by atoms with van der Waals surface area (Å²) in [6.07, 6.45) is -2.53. The van der Waals surface area contributed by atoms with Crippen LogP contribution in [0.4, 0.5) is 24.7 Å². The van der Waals surface area contributed by atoms with Gasteiger partial charge in [-0.2, -0.15) is 13.2 Å². The van der Waals surface area contributed by atoms with Crippen molar-refractivity contribution in [1.82, 2.24) is 10.3 Å². The molecule has 3 rings (SSSR count). The lowest BCUT2D eigenvalue weighted by molar-refractivity contribution is -0.137. The Hall–Kier alpha value is -1.50. The van der Waals surface area contributed by atoms with E-state index in [1.165, 1.54) is 0 Å². The first-order valence-electron chi connectivity index (χ1n) is 6.34. The minimum absolute atomic E-state index is 0.298. The number of nitrogens with zero attached hydrogens (tertiary/aromatic N) is 2. The van der Waals surface area contributed by atoms with Crippen LogP contribution < -0.4 is 15.5 Å². The third-order valence-electron chi connectivity index (χ3n) is 3.61. The van der Waals surface area contributed by atoms with E-state index in [-0.39, 0.29) is 0 Å². The summed E-state index contributed by atoms with van der Waals surface area (Å²) in [4.78, 5) is 6.15. The lowest BCUT2D eigenvalue weighted by Crippen LogP contribution is -2.51. The maximum absolute atomic E-state index is 12.7. The molecule has 1 atom stereocenters. The molecule has 3 heterocycles. The Bertz CT molecular complexity index is 475. The molecule has 2 aliphatic rings. The summed E-state index contributed by atoms with van der Waals surface area (Å²) in [5.41, 5.74) is -0.216. The van der Waals surface area contributed by atoms with Crippen molar-refractivity contribution in [3.8, 4) is 0 Å². The van der Waals surface area contributed by atoms with Crippen molar-refractivity contribution in [3.05, 3.63) is 17.8 Å². The molecule has 1 aromatic heterocycles. The number of hydrogen-bond acceptors (Lipinski definition) is 4. The highest BCUT2D eigenvalue weighted by Crippen LogP contribution is 2.35. The zero-order valence-electron chi connectivity index (χ0n) is 10.3. The van der Waals surface area contributed by atoms with E-state index in [9.17, 15) is 13.2 Å². The number of anilines is 2. The molecule has 1 fully saturated rings. The van der Waals surface area contributed by atoms with Crippen LogP contribution in [-0.2, 0) is 6.18 Å². The second kappa shape index (κ2) is 4.56. The van der Waals surface area contributed by atoms with Gasteiger partial charge in [0.2, 0.25) is 0 Å². The summed E-state index contributed by atoms with van der Waals surface area (Å²) in [7, 11) is 0. The van der Waals surface area contributed by atoms with Crippen LogP contribution in [0.1, 0.15) is 12.0 Å². The van der Waals surface area contributed by atoms with Crippen LogP contribution in [0.15, 0.2) is 12.3 Å². The molecule has 0 aliphatic carbocycles. The van der Waals surface area contributed by atoms with Gasteiger partial charge in [-0.05, 0) is 12.5 Å². The molecule has 1 aromatic rings. The van der Waals surface area contributed by atoms with E-state index < -0.39 is 11.7 Å². The van der Waals surface area contributed by atoms with Crippen molar-refractivity contribution >= 4 is 11.5 Å². The molecule has 0 saturated carbocycles. The van der Waals surface area contributed by atoms with Crippen molar-refractivity contribution in [2.75, 3.05) is 36.4 Å². The van der Waals surface area contributed by atoms with Crippen LogP contribution in [0.25, 0.3) is 0 Å². The van der Waals surface area contributed by atoms with Crippen LogP contribution in [-0.4, -0.2) is 37.2 Å². The minimum atomic E-state index is -4.35. The summed E-state index contributed by atoms with van der Waals surface area (Å²) in [6, 6.07) is 1.46. The number of halogens is 3. The van der Waals surface area contributed by atoms with Crippen molar-refractivity contribution in [1.29, 1.82) is 0 Å². The maximum Gasteiger partial charge on any atom is 0.417 e. The second-order valence-corrected chi connectivity index (χ2v) is 4.86. The average Bonchev–Trinajstić information content (AvgIpc) is 2.56. The molecular formula is C12H15F3N4. The van der Waals surface area contributed by atoms with Gasteiger partial charge in [-0.1, -0.05) is 0 Å². The predicted molar refractivity (Wildman–Crippen MR) is 66.3 cm³/mol. The number of hydrogen-bond donors (Lipinski definition) is 2. The Morgan fingerprint density at radius 3 is 2.95 bits per heavy atom. The van der Waals surface area contributed by atoms with E-state index in [0.717, 1.165) is 38.3 Å². The summed E-state index contributed by atoms with van der Waals surface area (Å²) in [5, 5.41) is 6.36. The molecular weight excluding hydrogens is 257 g/mol. The van der Waals surface area contributed by atoms with E-state index in [2.05, 4.69) is 20.5 Å². The van der Waals surface area contributed by atoms with Crippen LogP contribution in [0.3, 0.4) is 0 Å². The molecule has 2 N–H and O–H groups in total. The smallest absolute Gasteiger partial charge is 0.382 e. The van der Waals surface area contributed by atoms with E-state index in [1.807, 2.05) is 0 Å². The fraction of sp³-hybridized carbons (Fsp3) is 0.583. The van der Waals surface area contributed by atoms with Gasteiger partial charge >= 0.3 is 6.18 Å². The van der Waals surface area contributed by atoms with E-state index in [0.29, 0.717) is 24.1 Å². The van der Waals surface area contributed by atoms with Gasteiger partial charge in [0.05, 0.1) is 11.3 Å². The van der Waals surface area contributed by atoms with Crippen LogP contribution in [0.5, 0.6) is 0 Å². The molecule has 0 bridgehead atoms. The number of alkyl halides is 3. The molecule has 1 saturated heterocycles. The Balaban J connectivity index is 1.99. The Morgan fingerprint density at radius 1 is 1.32 bits per heavy atom. The molecule has 4 nitrogen and oxygen atoms in total. The molecule has 104 valence electrons. The molecule has 7 heteroatoms. The number of aromatic nitrogens is 1. The fourth-order valence-electron chi connectivity index (χ4n) is 2.64. The van der Waals surface area contributed by atoms with E-state index in [4.69, 9.17) is 0 Å². The van der Waals surface area contributed by atoms with Gasteiger partial charge in [-0.15, -0.1) is 0 Å². The number of pyridine rings is 1. The Kier molecular flexibility index (Phi) is 3.00. The molecule has 0 amide bonds. The first-order chi connectivity index (χ1) is 9.05.